The summed E-state index contributed by atoms with van der Waals surface area (Å²) < 4.78 is 29.4. The summed E-state index contributed by atoms with van der Waals surface area (Å²) in [5.41, 5.74) is 0.983. The van der Waals surface area contributed by atoms with Crippen LogP contribution in [0.3, 0.4) is 0 Å². The second-order valence-corrected chi connectivity index (χ2v) is 4.22. The van der Waals surface area contributed by atoms with Gasteiger partial charge in [-0.15, -0.1) is 0 Å². The number of rotatable bonds is 9. The third-order valence-electron chi connectivity index (χ3n) is 2.57. The molecule has 1 aromatic carbocycles. The number of nitrogens with one attached hydrogen (secondary N) is 1. The Morgan fingerprint density at radius 1 is 1.17 bits per heavy atom. The highest BCUT2D eigenvalue weighted by Gasteiger charge is 2.01. The maximum atomic E-state index is 11.9. The summed E-state index contributed by atoms with van der Waals surface area (Å²) in [6.07, 6.45) is 1.12. The minimum absolute atomic E-state index is 0.269. The highest BCUT2D eigenvalue weighted by atomic mass is 19.3. The van der Waals surface area contributed by atoms with Crippen LogP contribution in [0.5, 0.6) is 5.75 Å². The van der Waals surface area contributed by atoms with Crippen molar-refractivity contribution in [3.05, 3.63) is 29.8 Å². The minimum atomic E-state index is -2.30. The van der Waals surface area contributed by atoms with Gasteiger partial charge >= 0.3 is 0 Å². The van der Waals surface area contributed by atoms with Crippen LogP contribution in [-0.4, -0.2) is 19.6 Å². The maximum Gasteiger partial charge on any atom is 0.250 e. The first-order chi connectivity index (χ1) is 8.72. The lowest BCUT2D eigenvalue weighted by Crippen LogP contribution is -2.20. The molecule has 0 saturated carbocycles. The van der Waals surface area contributed by atoms with E-state index in [-0.39, 0.29) is 6.54 Å². The molecule has 0 radical (unpaired) electrons. The largest absolute Gasteiger partial charge is 0.494 e. The molecule has 0 amide bonds. The van der Waals surface area contributed by atoms with Crippen LogP contribution in [0, 0.1) is 0 Å². The molecule has 0 spiro atoms. The molecule has 0 unspecified atom stereocenters. The Bertz CT molecular complexity index is 314. The molecule has 0 aliphatic heterocycles. The Hall–Kier alpha value is -1.16. The van der Waals surface area contributed by atoms with E-state index in [2.05, 4.69) is 12.2 Å². The first-order valence-electron chi connectivity index (χ1n) is 6.43. The predicted molar refractivity (Wildman–Crippen MR) is 69.2 cm³/mol. The number of unbranched alkanes of at least 4 members (excludes halogenated alkanes) is 2. The van der Waals surface area contributed by atoms with Crippen LogP contribution >= 0.6 is 0 Å². The molecule has 1 rings (SSSR count). The van der Waals surface area contributed by atoms with Crippen molar-refractivity contribution in [2.45, 2.75) is 39.2 Å². The quantitative estimate of drug-likeness (QED) is 0.682. The molecule has 4 heteroatoms. The highest BCUT2D eigenvalue weighted by molar-refractivity contribution is 5.27. The van der Waals surface area contributed by atoms with E-state index in [1.807, 2.05) is 24.3 Å². The highest BCUT2D eigenvalue weighted by Crippen LogP contribution is 2.12. The summed E-state index contributed by atoms with van der Waals surface area (Å²) in [6.45, 7) is 3.08. The van der Waals surface area contributed by atoms with E-state index in [4.69, 9.17) is 4.74 Å². The van der Waals surface area contributed by atoms with E-state index < -0.39 is 6.43 Å². The monoisotopic (exact) mass is 257 g/mol. The van der Waals surface area contributed by atoms with Gasteiger partial charge in [0.05, 0.1) is 13.2 Å². The Labute approximate surface area is 107 Å². The van der Waals surface area contributed by atoms with Crippen LogP contribution in [0.4, 0.5) is 8.78 Å². The van der Waals surface area contributed by atoms with Crippen molar-refractivity contribution < 1.29 is 13.5 Å². The van der Waals surface area contributed by atoms with Crippen molar-refractivity contribution in [3.63, 3.8) is 0 Å². The van der Waals surface area contributed by atoms with Gasteiger partial charge in [0.25, 0.3) is 6.43 Å². The number of hydrogen-bond donors (Lipinski definition) is 1. The Morgan fingerprint density at radius 2 is 1.89 bits per heavy atom. The van der Waals surface area contributed by atoms with Gasteiger partial charge in [-0.1, -0.05) is 31.9 Å². The fraction of sp³-hybridized carbons (Fsp3) is 0.571. The third kappa shape index (κ3) is 6.55. The van der Waals surface area contributed by atoms with E-state index in [9.17, 15) is 8.78 Å². The van der Waals surface area contributed by atoms with Gasteiger partial charge in [0.15, 0.2) is 0 Å². The maximum absolute atomic E-state index is 11.9. The summed E-state index contributed by atoms with van der Waals surface area (Å²) in [5.74, 6) is 0.837. The second kappa shape index (κ2) is 8.86. The van der Waals surface area contributed by atoms with Crippen LogP contribution in [0.15, 0.2) is 24.3 Å². The van der Waals surface area contributed by atoms with Crippen molar-refractivity contribution >= 4 is 0 Å². The SMILES string of the molecule is CCCCCOc1ccc(CNCC(F)F)cc1. The molecule has 0 aliphatic rings. The number of hydrogen-bond acceptors (Lipinski definition) is 2. The van der Waals surface area contributed by atoms with Crippen LogP contribution in [0.2, 0.25) is 0 Å². The van der Waals surface area contributed by atoms with Gasteiger partial charge in [0.1, 0.15) is 5.75 Å². The van der Waals surface area contributed by atoms with E-state index in [1.54, 1.807) is 0 Å². The van der Waals surface area contributed by atoms with E-state index in [0.717, 1.165) is 24.3 Å². The average Bonchev–Trinajstić information content (AvgIpc) is 2.36. The topological polar surface area (TPSA) is 21.3 Å². The second-order valence-electron chi connectivity index (χ2n) is 4.22. The number of alkyl halides is 2. The first-order valence-corrected chi connectivity index (χ1v) is 6.43. The number of benzene rings is 1. The van der Waals surface area contributed by atoms with Gasteiger partial charge in [-0.25, -0.2) is 8.78 Å². The summed E-state index contributed by atoms with van der Waals surface area (Å²) in [4.78, 5) is 0. The van der Waals surface area contributed by atoms with Gasteiger partial charge in [-0.3, -0.25) is 0 Å². The van der Waals surface area contributed by atoms with Crippen LogP contribution in [0.25, 0.3) is 0 Å². The molecule has 0 saturated heterocycles. The predicted octanol–water partition coefficient (Wildman–Crippen LogP) is 3.61. The Balaban J connectivity index is 2.24. The fourth-order valence-electron chi connectivity index (χ4n) is 1.57. The molecule has 18 heavy (non-hydrogen) atoms. The van der Waals surface area contributed by atoms with Crippen molar-refractivity contribution in [2.75, 3.05) is 13.2 Å². The zero-order valence-corrected chi connectivity index (χ0v) is 10.8. The van der Waals surface area contributed by atoms with Crippen LogP contribution in [-0.2, 0) is 6.54 Å². The average molecular weight is 257 g/mol. The molecular formula is C14H21F2NO. The standard InChI is InChI=1S/C14H21F2NO/c1-2-3-4-9-18-13-7-5-12(6-8-13)10-17-11-14(15)16/h5-8,14,17H,2-4,9-11H2,1H3. The van der Waals surface area contributed by atoms with Gasteiger partial charge < -0.3 is 10.1 Å². The van der Waals surface area contributed by atoms with Crippen molar-refractivity contribution in [3.8, 4) is 5.75 Å². The molecule has 0 aromatic heterocycles. The molecular weight excluding hydrogens is 236 g/mol. The number of halogens is 2. The molecule has 0 heterocycles. The zero-order chi connectivity index (χ0) is 13.2. The molecule has 102 valence electrons. The fourth-order valence-corrected chi connectivity index (χ4v) is 1.57. The summed E-state index contributed by atoms with van der Waals surface area (Å²) in [6, 6.07) is 7.55. The summed E-state index contributed by atoms with van der Waals surface area (Å²) >= 11 is 0. The van der Waals surface area contributed by atoms with E-state index >= 15 is 0 Å². The molecule has 0 fully saturated rings. The minimum Gasteiger partial charge on any atom is -0.494 e. The van der Waals surface area contributed by atoms with Crippen molar-refractivity contribution in [1.82, 2.24) is 5.32 Å². The molecule has 1 N–H and O–H groups in total. The van der Waals surface area contributed by atoms with Crippen LogP contribution < -0.4 is 10.1 Å². The van der Waals surface area contributed by atoms with E-state index in [0.29, 0.717) is 6.54 Å². The van der Waals surface area contributed by atoms with Gasteiger partial charge in [0, 0.05) is 6.54 Å². The molecule has 1 aromatic rings. The normalized spacial score (nSPS) is 10.9. The lowest BCUT2D eigenvalue weighted by atomic mass is 10.2. The lowest BCUT2D eigenvalue weighted by Gasteiger charge is -2.07. The molecule has 0 aliphatic carbocycles. The first kappa shape index (κ1) is 14.9. The summed E-state index contributed by atoms with van der Waals surface area (Å²) in [5, 5.41) is 2.69. The Kier molecular flexibility index (Phi) is 7.34. The van der Waals surface area contributed by atoms with Gasteiger partial charge in [0.2, 0.25) is 0 Å². The third-order valence-corrected chi connectivity index (χ3v) is 2.57. The molecule has 0 bridgehead atoms. The van der Waals surface area contributed by atoms with Crippen LogP contribution in [0.1, 0.15) is 31.7 Å². The summed E-state index contributed by atoms with van der Waals surface area (Å²) in [7, 11) is 0. The smallest absolute Gasteiger partial charge is 0.250 e. The van der Waals surface area contributed by atoms with Gasteiger partial charge in [-0.05, 0) is 24.1 Å². The van der Waals surface area contributed by atoms with Crippen molar-refractivity contribution in [2.24, 2.45) is 0 Å². The molecule has 0 atom stereocenters. The zero-order valence-electron chi connectivity index (χ0n) is 10.8. The Morgan fingerprint density at radius 3 is 2.50 bits per heavy atom. The van der Waals surface area contributed by atoms with E-state index in [1.165, 1.54) is 12.8 Å². The van der Waals surface area contributed by atoms with Crippen molar-refractivity contribution in [1.29, 1.82) is 0 Å². The lowest BCUT2D eigenvalue weighted by molar-refractivity contribution is 0.145. The number of ether oxygens (including phenoxy) is 1. The van der Waals surface area contributed by atoms with Gasteiger partial charge in [-0.2, -0.15) is 0 Å². The molecule has 2 nitrogen and oxygen atoms in total.